The molecule has 110 valence electrons. The van der Waals surface area contributed by atoms with Gasteiger partial charge in [-0.25, -0.2) is 4.98 Å². The van der Waals surface area contributed by atoms with Gasteiger partial charge in [0, 0.05) is 23.5 Å². The number of carbonyl (C=O) groups excluding carboxylic acids is 1. The quantitative estimate of drug-likeness (QED) is 0.851. The SMILES string of the molecule is COc1ccccc1CN(C(=O)c1csc(C)n1)C1CC1. The van der Waals surface area contributed by atoms with Gasteiger partial charge in [0.2, 0.25) is 0 Å². The summed E-state index contributed by atoms with van der Waals surface area (Å²) in [6.45, 7) is 2.49. The first-order valence-electron chi connectivity index (χ1n) is 7.04. The third-order valence-corrected chi connectivity index (χ3v) is 4.39. The number of thiazole rings is 1. The van der Waals surface area contributed by atoms with E-state index in [-0.39, 0.29) is 5.91 Å². The summed E-state index contributed by atoms with van der Waals surface area (Å²) in [5.74, 6) is 0.846. The number of rotatable bonds is 5. The van der Waals surface area contributed by atoms with Crippen LogP contribution in [0.5, 0.6) is 5.75 Å². The van der Waals surface area contributed by atoms with Crippen LogP contribution in [0, 0.1) is 6.92 Å². The molecule has 1 amide bonds. The van der Waals surface area contributed by atoms with E-state index in [1.807, 2.05) is 41.5 Å². The van der Waals surface area contributed by atoms with Crippen LogP contribution in [0.1, 0.15) is 33.9 Å². The van der Waals surface area contributed by atoms with Crippen molar-refractivity contribution >= 4 is 17.2 Å². The summed E-state index contributed by atoms with van der Waals surface area (Å²) in [6.07, 6.45) is 2.15. The van der Waals surface area contributed by atoms with E-state index in [1.54, 1.807) is 7.11 Å². The Labute approximate surface area is 128 Å². The lowest BCUT2D eigenvalue weighted by Crippen LogP contribution is -2.33. The molecule has 1 aliphatic rings. The number of hydrogen-bond acceptors (Lipinski definition) is 4. The Morgan fingerprint density at radius 2 is 2.19 bits per heavy atom. The van der Waals surface area contributed by atoms with Gasteiger partial charge in [0.25, 0.3) is 5.91 Å². The number of carbonyl (C=O) groups is 1. The van der Waals surface area contributed by atoms with Crippen LogP contribution in [0.3, 0.4) is 0 Å². The zero-order valence-electron chi connectivity index (χ0n) is 12.2. The second-order valence-electron chi connectivity index (χ2n) is 5.23. The molecule has 1 fully saturated rings. The largest absolute Gasteiger partial charge is 0.496 e. The van der Waals surface area contributed by atoms with E-state index in [2.05, 4.69) is 4.98 Å². The van der Waals surface area contributed by atoms with Crippen LogP contribution in [-0.4, -0.2) is 28.9 Å². The molecule has 5 heteroatoms. The minimum Gasteiger partial charge on any atom is -0.496 e. The van der Waals surface area contributed by atoms with Crippen LogP contribution in [0.2, 0.25) is 0 Å². The fraction of sp³-hybridized carbons (Fsp3) is 0.375. The highest BCUT2D eigenvalue weighted by molar-refractivity contribution is 7.09. The van der Waals surface area contributed by atoms with Crippen molar-refractivity contribution in [1.29, 1.82) is 0 Å². The maximum Gasteiger partial charge on any atom is 0.273 e. The standard InChI is InChI=1S/C16H18N2O2S/c1-11-17-14(10-21-11)16(19)18(13-7-8-13)9-12-5-3-4-6-15(12)20-2/h3-6,10,13H,7-9H2,1-2H3. The Balaban J connectivity index is 1.83. The maximum absolute atomic E-state index is 12.7. The van der Waals surface area contributed by atoms with Crippen molar-refractivity contribution in [1.82, 2.24) is 9.88 Å². The molecule has 1 aromatic carbocycles. The van der Waals surface area contributed by atoms with Crippen molar-refractivity contribution < 1.29 is 9.53 Å². The Hall–Kier alpha value is -1.88. The average molecular weight is 302 g/mol. The van der Waals surface area contributed by atoms with Crippen molar-refractivity contribution in [3.63, 3.8) is 0 Å². The second-order valence-corrected chi connectivity index (χ2v) is 6.29. The topological polar surface area (TPSA) is 42.4 Å². The number of nitrogens with zero attached hydrogens (tertiary/aromatic N) is 2. The predicted molar refractivity (Wildman–Crippen MR) is 82.7 cm³/mol. The molecule has 1 heterocycles. The first kappa shape index (κ1) is 14.1. The maximum atomic E-state index is 12.7. The van der Waals surface area contributed by atoms with E-state index in [4.69, 9.17) is 4.74 Å². The monoisotopic (exact) mass is 302 g/mol. The predicted octanol–water partition coefficient (Wildman–Crippen LogP) is 3.26. The smallest absolute Gasteiger partial charge is 0.273 e. The van der Waals surface area contributed by atoms with Crippen molar-refractivity contribution in [2.24, 2.45) is 0 Å². The van der Waals surface area contributed by atoms with Crippen LogP contribution >= 0.6 is 11.3 Å². The van der Waals surface area contributed by atoms with E-state index < -0.39 is 0 Å². The number of benzene rings is 1. The summed E-state index contributed by atoms with van der Waals surface area (Å²) in [5, 5.41) is 2.77. The molecule has 1 saturated carbocycles. The summed E-state index contributed by atoms with van der Waals surface area (Å²) in [5.41, 5.74) is 1.59. The molecule has 0 atom stereocenters. The third kappa shape index (κ3) is 3.08. The Morgan fingerprint density at radius 3 is 2.81 bits per heavy atom. The van der Waals surface area contributed by atoms with Crippen molar-refractivity contribution in [2.75, 3.05) is 7.11 Å². The molecule has 21 heavy (non-hydrogen) atoms. The lowest BCUT2D eigenvalue weighted by molar-refractivity contribution is 0.0723. The van der Waals surface area contributed by atoms with Gasteiger partial charge in [-0.1, -0.05) is 18.2 Å². The van der Waals surface area contributed by atoms with Crippen LogP contribution in [0.4, 0.5) is 0 Å². The number of para-hydroxylation sites is 1. The van der Waals surface area contributed by atoms with Gasteiger partial charge in [-0.2, -0.15) is 0 Å². The highest BCUT2D eigenvalue weighted by Gasteiger charge is 2.34. The molecular formula is C16H18N2O2S. The van der Waals surface area contributed by atoms with Crippen molar-refractivity contribution in [3.05, 3.63) is 45.9 Å². The van der Waals surface area contributed by atoms with Gasteiger partial charge in [0.05, 0.1) is 12.1 Å². The molecule has 0 saturated heterocycles. The van der Waals surface area contributed by atoms with Gasteiger partial charge in [0.1, 0.15) is 11.4 Å². The highest BCUT2D eigenvalue weighted by atomic mass is 32.1. The van der Waals surface area contributed by atoms with E-state index in [0.717, 1.165) is 29.2 Å². The summed E-state index contributed by atoms with van der Waals surface area (Å²) in [4.78, 5) is 18.9. The molecule has 0 unspecified atom stereocenters. The van der Waals surface area contributed by atoms with E-state index >= 15 is 0 Å². The van der Waals surface area contributed by atoms with Crippen LogP contribution in [0.15, 0.2) is 29.6 Å². The number of hydrogen-bond donors (Lipinski definition) is 0. The lowest BCUT2D eigenvalue weighted by atomic mass is 10.1. The molecule has 2 aromatic rings. The third-order valence-electron chi connectivity index (χ3n) is 3.62. The molecular weight excluding hydrogens is 284 g/mol. The van der Waals surface area contributed by atoms with Crippen LogP contribution in [0.25, 0.3) is 0 Å². The van der Waals surface area contributed by atoms with Gasteiger partial charge < -0.3 is 9.64 Å². The van der Waals surface area contributed by atoms with E-state index in [9.17, 15) is 4.79 Å². The molecule has 3 rings (SSSR count). The highest BCUT2D eigenvalue weighted by Crippen LogP contribution is 2.31. The minimum atomic E-state index is 0.0211. The first-order chi connectivity index (χ1) is 10.2. The molecule has 0 spiro atoms. The minimum absolute atomic E-state index is 0.0211. The zero-order chi connectivity index (χ0) is 14.8. The Morgan fingerprint density at radius 1 is 1.43 bits per heavy atom. The molecule has 4 nitrogen and oxygen atoms in total. The number of amides is 1. The number of aromatic nitrogens is 1. The Bertz CT molecular complexity index is 649. The second kappa shape index (κ2) is 5.85. The van der Waals surface area contributed by atoms with Gasteiger partial charge in [-0.15, -0.1) is 11.3 Å². The molecule has 1 aliphatic carbocycles. The van der Waals surface area contributed by atoms with Crippen molar-refractivity contribution in [3.8, 4) is 5.75 Å². The fourth-order valence-corrected chi connectivity index (χ4v) is 2.97. The van der Waals surface area contributed by atoms with Crippen LogP contribution in [-0.2, 0) is 6.54 Å². The average Bonchev–Trinajstić information content (AvgIpc) is 3.25. The lowest BCUT2D eigenvalue weighted by Gasteiger charge is -2.22. The zero-order valence-corrected chi connectivity index (χ0v) is 13.0. The molecule has 0 radical (unpaired) electrons. The normalized spacial score (nSPS) is 14.0. The number of methoxy groups -OCH3 is 1. The number of aryl methyl sites for hydroxylation is 1. The first-order valence-corrected chi connectivity index (χ1v) is 7.92. The molecule has 0 N–H and O–H groups in total. The van der Waals surface area contributed by atoms with Gasteiger partial charge >= 0.3 is 0 Å². The molecule has 0 bridgehead atoms. The van der Waals surface area contributed by atoms with Crippen LogP contribution < -0.4 is 4.74 Å². The summed E-state index contributed by atoms with van der Waals surface area (Å²) < 4.78 is 5.38. The summed E-state index contributed by atoms with van der Waals surface area (Å²) in [6, 6.07) is 8.19. The van der Waals surface area contributed by atoms with Gasteiger partial charge in [0.15, 0.2) is 0 Å². The molecule has 0 aliphatic heterocycles. The van der Waals surface area contributed by atoms with Crippen molar-refractivity contribution in [2.45, 2.75) is 32.4 Å². The fourth-order valence-electron chi connectivity index (χ4n) is 2.38. The number of ether oxygens (including phenoxy) is 1. The summed E-state index contributed by atoms with van der Waals surface area (Å²) in [7, 11) is 1.66. The van der Waals surface area contributed by atoms with E-state index in [0.29, 0.717) is 18.3 Å². The van der Waals surface area contributed by atoms with Gasteiger partial charge in [-0.3, -0.25) is 4.79 Å². The molecule has 1 aromatic heterocycles. The van der Waals surface area contributed by atoms with Gasteiger partial charge in [-0.05, 0) is 25.8 Å². The van der Waals surface area contributed by atoms with E-state index in [1.165, 1.54) is 11.3 Å². The Kier molecular flexibility index (Phi) is 3.92. The summed E-state index contributed by atoms with van der Waals surface area (Å²) >= 11 is 1.51.